The summed E-state index contributed by atoms with van der Waals surface area (Å²) in [7, 11) is -1.12. The smallest absolute Gasteiger partial charge is 0.308 e. The zero-order valence-corrected chi connectivity index (χ0v) is 20.2. The first-order valence-corrected chi connectivity index (χ1v) is 15.2. The first kappa shape index (κ1) is 22.7. The van der Waals surface area contributed by atoms with Crippen molar-refractivity contribution in [2.45, 2.75) is 64.6 Å². The number of aliphatic carboxylic acids is 1. The van der Waals surface area contributed by atoms with E-state index in [1.165, 1.54) is 0 Å². The van der Waals surface area contributed by atoms with Gasteiger partial charge < -0.3 is 14.4 Å². The fourth-order valence-corrected chi connectivity index (χ4v) is 5.21. The van der Waals surface area contributed by atoms with E-state index in [1.54, 1.807) is 17.2 Å². The Bertz CT molecular complexity index is 1070. The molecule has 1 saturated carbocycles. The van der Waals surface area contributed by atoms with E-state index in [1.807, 2.05) is 23.0 Å². The summed E-state index contributed by atoms with van der Waals surface area (Å²) >= 11 is 0. The van der Waals surface area contributed by atoms with E-state index < -0.39 is 20.0 Å². The third-order valence-electron chi connectivity index (χ3n) is 6.36. The second-order valence-corrected chi connectivity index (χ2v) is 15.7. The van der Waals surface area contributed by atoms with E-state index in [4.69, 9.17) is 4.74 Å². The van der Waals surface area contributed by atoms with Gasteiger partial charge in [0.15, 0.2) is 0 Å². The molecule has 3 heterocycles. The zero-order valence-electron chi connectivity index (χ0n) is 19.2. The molecule has 0 aliphatic heterocycles. The average Bonchev–Trinajstić information content (AvgIpc) is 3.49. The van der Waals surface area contributed by atoms with Gasteiger partial charge in [-0.3, -0.25) is 9.48 Å². The van der Waals surface area contributed by atoms with Crippen LogP contribution in [0.2, 0.25) is 25.7 Å². The van der Waals surface area contributed by atoms with Crippen molar-refractivity contribution in [3.63, 3.8) is 0 Å². The van der Waals surface area contributed by atoms with Crippen LogP contribution in [-0.2, 0) is 22.8 Å². The van der Waals surface area contributed by atoms with Crippen LogP contribution in [0.5, 0.6) is 0 Å². The molecule has 3 aromatic heterocycles. The number of carboxylic acids is 1. The van der Waals surface area contributed by atoms with Gasteiger partial charge in [0.25, 0.3) is 0 Å². The van der Waals surface area contributed by atoms with E-state index in [0.717, 1.165) is 60.6 Å². The Labute approximate surface area is 189 Å². The Morgan fingerprint density at radius 3 is 2.78 bits per heavy atom. The predicted octanol–water partition coefficient (Wildman–Crippen LogP) is 4.50. The topological polar surface area (TPSA) is 95.1 Å². The number of fused-ring (bicyclic) bond motifs is 1. The standard InChI is InChI=1S/C23H33N5O3Si/c1-32(2,3)11-10-31-16-27-9-8-19-21(24-15-25-22(19)27)18-12-26-28(13-18)14-20(23(29)30)17-6-4-5-7-17/h8-9,12-13,15,17,20H,4-7,10-11,14,16H2,1-3H3,(H,29,30). The summed E-state index contributed by atoms with van der Waals surface area (Å²) in [4.78, 5) is 20.8. The van der Waals surface area contributed by atoms with Gasteiger partial charge in [-0.05, 0) is 30.9 Å². The van der Waals surface area contributed by atoms with E-state index in [0.29, 0.717) is 13.3 Å². The number of hydrogen-bond acceptors (Lipinski definition) is 5. The fraction of sp³-hybridized carbons (Fsp3) is 0.565. The molecule has 0 amide bonds. The van der Waals surface area contributed by atoms with E-state index in [-0.39, 0.29) is 5.92 Å². The highest BCUT2D eigenvalue weighted by Crippen LogP contribution is 2.33. The minimum atomic E-state index is -1.12. The summed E-state index contributed by atoms with van der Waals surface area (Å²) < 4.78 is 9.63. The molecule has 4 rings (SSSR count). The van der Waals surface area contributed by atoms with Gasteiger partial charge in [0.05, 0.1) is 24.4 Å². The van der Waals surface area contributed by atoms with Crippen LogP contribution >= 0.6 is 0 Å². The minimum Gasteiger partial charge on any atom is -0.481 e. The number of aromatic nitrogens is 5. The van der Waals surface area contributed by atoms with E-state index in [9.17, 15) is 9.90 Å². The van der Waals surface area contributed by atoms with Crippen LogP contribution in [-0.4, -0.2) is 50.1 Å². The van der Waals surface area contributed by atoms with Crippen LogP contribution < -0.4 is 0 Å². The lowest BCUT2D eigenvalue weighted by molar-refractivity contribution is -0.144. The molecule has 1 fully saturated rings. The van der Waals surface area contributed by atoms with Gasteiger partial charge in [0, 0.05) is 38.0 Å². The number of carboxylic acid groups (broad SMARTS) is 1. The van der Waals surface area contributed by atoms with E-state index >= 15 is 0 Å². The van der Waals surface area contributed by atoms with Crippen LogP contribution in [0.4, 0.5) is 0 Å². The Kier molecular flexibility index (Phi) is 6.76. The Morgan fingerprint density at radius 1 is 1.28 bits per heavy atom. The molecule has 172 valence electrons. The third kappa shape index (κ3) is 5.27. The molecule has 1 atom stereocenters. The van der Waals surface area contributed by atoms with Crippen molar-refractivity contribution >= 4 is 25.1 Å². The van der Waals surface area contributed by atoms with Crippen molar-refractivity contribution < 1.29 is 14.6 Å². The maximum absolute atomic E-state index is 11.8. The zero-order chi connectivity index (χ0) is 22.7. The molecular weight excluding hydrogens is 422 g/mol. The molecular formula is C23H33N5O3Si. The molecule has 0 aromatic carbocycles. The molecule has 1 N–H and O–H groups in total. The van der Waals surface area contributed by atoms with Crippen LogP contribution in [0.15, 0.2) is 31.0 Å². The lowest BCUT2D eigenvalue weighted by Gasteiger charge is -2.18. The van der Waals surface area contributed by atoms with Crippen LogP contribution in [0.25, 0.3) is 22.3 Å². The summed E-state index contributed by atoms with van der Waals surface area (Å²) in [5.74, 6) is -0.893. The molecule has 1 unspecified atom stereocenters. The number of rotatable bonds is 10. The van der Waals surface area contributed by atoms with Gasteiger partial charge in [-0.1, -0.05) is 32.5 Å². The van der Waals surface area contributed by atoms with E-state index in [2.05, 4.69) is 34.7 Å². The maximum atomic E-state index is 11.8. The largest absolute Gasteiger partial charge is 0.481 e. The highest BCUT2D eigenvalue weighted by atomic mass is 28.3. The quantitative estimate of drug-likeness (QED) is 0.357. The van der Waals surface area contributed by atoms with Crippen molar-refractivity contribution in [2.24, 2.45) is 11.8 Å². The van der Waals surface area contributed by atoms with Crippen LogP contribution in [0.3, 0.4) is 0 Å². The minimum absolute atomic E-state index is 0.237. The van der Waals surface area contributed by atoms with Gasteiger partial charge in [0.2, 0.25) is 0 Å². The van der Waals surface area contributed by atoms with Gasteiger partial charge in [-0.25, -0.2) is 9.97 Å². The number of hydrogen-bond donors (Lipinski definition) is 1. The third-order valence-corrected chi connectivity index (χ3v) is 8.06. The van der Waals surface area contributed by atoms with Crippen molar-refractivity contribution in [3.05, 3.63) is 31.0 Å². The Hall–Kier alpha value is -2.52. The van der Waals surface area contributed by atoms with Gasteiger partial charge >= 0.3 is 5.97 Å². The van der Waals surface area contributed by atoms with Crippen molar-refractivity contribution in [1.82, 2.24) is 24.3 Å². The normalized spacial score (nSPS) is 16.1. The lowest BCUT2D eigenvalue weighted by Crippen LogP contribution is -2.26. The Morgan fingerprint density at radius 2 is 2.06 bits per heavy atom. The monoisotopic (exact) mass is 455 g/mol. The Balaban J connectivity index is 1.49. The highest BCUT2D eigenvalue weighted by Gasteiger charge is 2.31. The molecule has 1 aliphatic carbocycles. The van der Waals surface area contributed by atoms with Crippen molar-refractivity contribution in [1.29, 1.82) is 0 Å². The number of nitrogens with zero attached hydrogens (tertiary/aromatic N) is 5. The molecule has 8 nitrogen and oxygen atoms in total. The lowest BCUT2D eigenvalue weighted by atomic mass is 9.91. The summed E-state index contributed by atoms with van der Waals surface area (Å²) in [5.41, 5.74) is 2.49. The maximum Gasteiger partial charge on any atom is 0.308 e. The van der Waals surface area contributed by atoms with Crippen molar-refractivity contribution in [3.8, 4) is 11.3 Å². The predicted molar refractivity (Wildman–Crippen MR) is 126 cm³/mol. The second kappa shape index (κ2) is 9.54. The molecule has 0 saturated heterocycles. The van der Waals surface area contributed by atoms with Gasteiger partial charge in [0.1, 0.15) is 18.7 Å². The summed E-state index contributed by atoms with van der Waals surface area (Å²) in [6, 6.07) is 3.13. The molecule has 9 heteroatoms. The van der Waals surface area contributed by atoms with Crippen LogP contribution in [0, 0.1) is 11.8 Å². The van der Waals surface area contributed by atoms with Gasteiger partial charge in [-0.15, -0.1) is 0 Å². The number of carbonyl (C=O) groups is 1. The molecule has 0 radical (unpaired) electrons. The van der Waals surface area contributed by atoms with Crippen LogP contribution in [0.1, 0.15) is 25.7 Å². The first-order chi connectivity index (χ1) is 15.3. The molecule has 3 aromatic rings. The summed E-state index contributed by atoms with van der Waals surface area (Å²) in [5, 5.41) is 15.1. The molecule has 32 heavy (non-hydrogen) atoms. The SMILES string of the molecule is C[Si](C)(C)CCOCn1ccc2c(-c3cnn(CC(C(=O)O)C4CCCC4)c3)ncnc21. The molecule has 0 bridgehead atoms. The summed E-state index contributed by atoms with van der Waals surface area (Å²) in [6.07, 6.45) is 11.4. The summed E-state index contributed by atoms with van der Waals surface area (Å²) in [6.45, 7) is 8.63. The molecule has 0 spiro atoms. The fourth-order valence-electron chi connectivity index (χ4n) is 4.45. The number of ether oxygens (including phenoxy) is 1. The first-order valence-electron chi connectivity index (χ1n) is 11.4. The highest BCUT2D eigenvalue weighted by molar-refractivity contribution is 6.76. The average molecular weight is 456 g/mol. The second-order valence-electron chi connectivity index (χ2n) is 10.0. The van der Waals surface area contributed by atoms with Crippen molar-refractivity contribution in [2.75, 3.05) is 6.61 Å². The van der Waals surface area contributed by atoms with Gasteiger partial charge in [-0.2, -0.15) is 5.10 Å². The molecule has 1 aliphatic rings.